The normalized spacial score (nSPS) is 29.6. The van der Waals surface area contributed by atoms with Crippen molar-refractivity contribution < 1.29 is 33.6 Å². The van der Waals surface area contributed by atoms with Crippen LogP contribution in [-0.4, -0.2) is 48.1 Å². The first-order valence-corrected chi connectivity index (χ1v) is 10.1. The molecule has 1 spiro atoms. The molecule has 30 heavy (non-hydrogen) atoms. The van der Waals surface area contributed by atoms with E-state index in [4.69, 9.17) is 18.9 Å². The van der Waals surface area contributed by atoms with E-state index in [0.717, 1.165) is 6.08 Å². The molecule has 2 aliphatic heterocycles. The van der Waals surface area contributed by atoms with E-state index in [-0.39, 0.29) is 23.4 Å². The van der Waals surface area contributed by atoms with Crippen LogP contribution in [0.25, 0.3) is 0 Å². The molecule has 1 aromatic rings. The Morgan fingerprint density at radius 1 is 1.13 bits per heavy atom. The lowest BCUT2D eigenvalue weighted by molar-refractivity contribution is -0.339. The van der Waals surface area contributed by atoms with E-state index in [2.05, 4.69) is 0 Å². The van der Waals surface area contributed by atoms with Crippen molar-refractivity contribution in [2.45, 2.75) is 51.8 Å². The van der Waals surface area contributed by atoms with Gasteiger partial charge < -0.3 is 24.1 Å². The lowest BCUT2D eigenvalue weighted by Crippen LogP contribution is -2.58. The van der Waals surface area contributed by atoms with Gasteiger partial charge in [0.1, 0.15) is 5.60 Å². The maximum atomic E-state index is 13.3. The smallest absolute Gasteiger partial charge is 0.371 e. The van der Waals surface area contributed by atoms with Gasteiger partial charge in [-0.25, -0.2) is 4.79 Å². The molecule has 1 aliphatic carbocycles. The maximum Gasteiger partial charge on any atom is 0.371 e. The summed E-state index contributed by atoms with van der Waals surface area (Å²) >= 11 is 0. The van der Waals surface area contributed by atoms with Crippen molar-refractivity contribution in [3.8, 4) is 0 Å². The van der Waals surface area contributed by atoms with Crippen molar-refractivity contribution in [1.29, 1.82) is 0 Å². The third-order valence-electron chi connectivity index (χ3n) is 5.51. The van der Waals surface area contributed by atoms with Gasteiger partial charge in [-0.05, 0) is 26.8 Å². The van der Waals surface area contributed by atoms with Gasteiger partial charge in [0.05, 0.1) is 25.7 Å². The Labute approximate surface area is 175 Å². The van der Waals surface area contributed by atoms with Gasteiger partial charge in [-0.3, -0.25) is 4.79 Å². The number of carbonyl (C=O) groups is 2. The summed E-state index contributed by atoms with van der Waals surface area (Å²) in [4.78, 5) is 25.9. The minimum atomic E-state index is -2.35. The number of Topliss-reactive ketones (excluding diaryl/α,β-unsaturated/α-hetero) is 1. The Kier molecular flexibility index (Phi) is 4.74. The Balaban J connectivity index is 1.80. The molecule has 1 saturated heterocycles. The van der Waals surface area contributed by atoms with Crippen LogP contribution in [0.15, 0.2) is 35.9 Å². The number of fused-ring (bicyclic) bond motifs is 4. The number of hydrogen-bond donors (Lipinski definition) is 1. The van der Waals surface area contributed by atoms with Crippen molar-refractivity contribution in [2.75, 3.05) is 19.8 Å². The van der Waals surface area contributed by atoms with Crippen LogP contribution in [0.1, 0.15) is 50.5 Å². The molecule has 0 aromatic heterocycles. The molecular formula is C23H28O7. The summed E-state index contributed by atoms with van der Waals surface area (Å²) in [6.45, 7) is 9.86. The zero-order chi connectivity index (χ0) is 21.9. The van der Waals surface area contributed by atoms with E-state index < -0.39 is 29.1 Å². The first kappa shape index (κ1) is 21.2. The number of hydrogen-bond acceptors (Lipinski definition) is 7. The predicted octanol–water partition coefficient (Wildman–Crippen LogP) is 2.71. The van der Waals surface area contributed by atoms with E-state index in [0.29, 0.717) is 24.3 Å². The molecule has 3 aliphatic rings. The van der Waals surface area contributed by atoms with E-state index in [1.807, 2.05) is 26.0 Å². The monoisotopic (exact) mass is 416 g/mol. The second-order valence-corrected chi connectivity index (χ2v) is 9.95. The lowest BCUT2D eigenvalue weighted by atomic mass is 9.72. The summed E-state index contributed by atoms with van der Waals surface area (Å²) in [6, 6.07) is 7.11. The maximum absolute atomic E-state index is 13.3. The predicted molar refractivity (Wildman–Crippen MR) is 106 cm³/mol. The Hall–Kier alpha value is -2.06. The van der Waals surface area contributed by atoms with Gasteiger partial charge in [0.2, 0.25) is 5.79 Å². The molecule has 2 atom stereocenters. The molecule has 4 rings (SSSR count). The highest BCUT2D eigenvalue weighted by molar-refractivity contribution is 6.12. The fraction of sp³-hybridized carbons (Fsp3) is 0.565. The van der Waals surface area contributed by atoms with Crippen molar-refractivity contribution in [2.24, 2.45) is 11.3 Å². The highest BCUT2D eigenvalue weighted by Crippen LogP contribution is 2.51. The summed E-state index contributed by atoms with van der Waals surface area (Å²) in [5, 5.41) is 10.9. The topological polar surface area (TPSA) is 91.3 Å². The Morgan fingerprint density at radius 3 is 2.40 bits per heavy atom. The molecule has 0 saturated carbocycles. The van der Waals surface area contributed by atoms with Crippen LogP contribution in [0.5, 0.6) is 0 Å². The highest BCUT2D eigenvalue weighted by Gasteiger charge is 2.58. The molecule has 1 aromatic carbocycles. The van der Waals surface area contributed by atoms with E-state index >= 15 is 0 Å². The minimum absolute atomic E-state index is 0.137. The number of rotatable bonds is 1. The number of carbonyl (C=O) groups excluding carboxylic acids is 2. The number of esters is 1. The van der Waals surface area contributed by atoms with Crippen LogP contribution >= 0.6 is 0 Å². The molecule has 1 fully saturated rings. The molecule has 7 heteroatoms. The van der Waals surface area contributed by atoms with Crippen molar-refractivity contribution >= 4 is 11.8 Å². The summed E-state index contributed by atoms with van der Waals surface area (Å²) < 4.78 is 23.4. The van der Waals surface area contributed by atoms with Crippen molar-refractivity contribution in [3.05, 3.63) is 47.0 Å². The zero-order valence-electron chi connectivity index (χ0n) is 18.0. The number of ketones is 1. The van der Waals surface area contributed by atoms with Crippen LogP contribution in [0.3, 0.4) is 0 Å². The number of ether oxygens (including phenoxy) is 4. The molecule has 2 heterocycles. The quantitative estimate of drug-likeness (QED) is 0.704. The minimum Gasteiger partial charge on any atom is -0.456 e. The van der Waals surface area contributed by atoms with Gasteiger partial charge in [-0.1, -0.05) is 38.1 Å². The van der Waals surface area contributed by atoms with Crippen LogP contribution in [0.2, 0.25) is 0 Å². The molecule has 0 radical (unpaired) electrons. The summed E-state index contributed by atoms with van der Waals surface area (Å²) in [6.07, 6.45) is 1.15. The fourth-order valence-corrected chi connectivity index (χ4v) is 4.03. The van der Waals surface area contributed by atoms with Crippen LogP contribution in [-0.2, 0) is 29.5 Å². The van der Waals surface area contributed by atoms with E-state index in [1.165, 1.54) is 0 Å². The summed E-state index contributed by atoms with van der Waals surface area (Å²) in [7, 11) is 0. The van der Waals surface area contributed by atoms with Gasteiger partial charge in [0, 0.05) is 22.1 Å². The van der Waals surface area contributed by atoms with Gasteiger partial charge >= 0.3 is 5.97 Å². The van der Waals surface area contributed by atoms with Crippen LogP contribution in [0, 0.1) is 11.3 Å². The Bertz CT molecular complexity index is 914. The van der Waals surface area contributed by atoms with Crippen LogP contribution in [0.4, 0.5) is 0 Å². The summed E-state index contributed by atoms with van der Waals surface area (Å²) in [5.74, 6) is -5.45. The van der Waals surface area contributed by atoms with Gasteiger partial charge in [0.25, 0.3) is 5.79 Å². The summed E-state index contributed by atoms with van der Waals surface area (Å²) in [5.41, 5.74) is 0.287. The third kappa shape index (κ3) is 3.39. The molecule has 0 amide bonds. The molecule has 0 bridgehead atoms. The number of benzene rings is 1. The van der Waals surface area contributed by atoms with Gasteiger partial charge in [0.15, 0.2) is 5.78 Å². The first-order chi connectivity index (χ1) is 13.9. The van der Waals surface area contributed by atoms with Gasteiger partial charge in [-0.2, -0.15) is 0 Å². The van der Waals surface area contributed by atoms with E-state index in [9.17, 15) is 14.7 Å². The first-order valence-electron chi connectivity index (χ1n) is 10.1. The zero-order valence-corrected chi connectivity index (χ0v) is 18.0. The lowest BCUT2D eigenvalue weighted by Gasteiger charge is -2.51. The second kappa shape index (κ2) is 6.72. The average molecular weight is 416 g/mol. The largest absolute Gasteiger partial charge is 0.456 e. The molecule has 0 unspecified atom stereocenters. The third-order valence-corrected chi connectivity index (χ3v) is 5.51. The number of aliphatic hydroxyl groups is 1. The average Bonchev–Trinajstić information content (AvgIpc) is 2.66. The highest BCUT2D eigenvalue weighted by atomic mass is 16.7. The standard InChI is InChI=1S/C23H28O7/c1-20(2,3)30-19(25)22(26)10-15-17(11-27-22)23(28-12-21(4,5)13-29-23)16-9-7-6-8-14(16)18(15)24/h6-10,17,26H,11-13H2,1-5H3/t17-,22-/m1/s1. The van der Waals surface area contributed by atoms with E-state index in [1.54, 1.807) is 32.9 Å². The molecule has 162 valence electrons. The molecular weight excluding hydrogens is 388 g/mol. The molecule has 1 N–H and O–H groups in total. The van der Waals surface area contributed by atoms with Gasteiger partial charge in [-0.15, -0.1) is 0 Å². The SMILES string of the molecule is CC1(C)COC2(OC1)c1ccccc1C(=O)C1=C[C@](O)(C(=O)OC(C)(C)C)OC[C@H]12. The second-order valence-electron chi connectivity index (χ2n) is 9.95. The Morgan fingerprint density at radius 2 is 1.77 bits per heavy atom. The fourth-order valence-electron chi connectivity index (χ4n) is 4.03. The molecule has 7 nitrogen and oxygen atoms in total. The van der Waals surface area contributed by atoms with Crippen molar-refractivity contribution in [1.82, 2.24) is 0 Å². The van der Waals surface area contributed by atoms with Crippen LogP contribution < -0.4 is 0 Å². The van der Waals surface area contributed by atoms with Crippen molar-refractivity contribution in [3.63, 3.8) is 0 Å².